The molecule has 0 saturated heterocycles. The number of amidine groups is 1. The molecule has 0 saturated carbocycles. The highest BCUT2D eigenvalue weighted by Crippen LogP contribution is 2.26. The van der Waals surface area contributed by atoms with Crippen LogP contribution in [-0.2, 0) is 11.3 Å². The lowest BCUT2D eigenvalue weighted by Crippen LogP contribution is -2.44. The van der Waals surface area contributed by atoms with Gasteiger partial charge < -0.3 is 19.7 Å². The van der Waals surface area contributed by atoms with E-state index in [0.29, 0.717) is 11.4 Å². The van der Waals surface area contributed by atoms with Crippen molar-refractivity contribution in [2.24, 2.45) is 15.9 Å². The zero-order chi connectivity index (χ0) is 20.9. The van der Waals surface area contributed by atoms with Crippen LogP contribution in [0.5, 0.6) is 0 Å². The van der Waals surface area contributed by atoms with Gasteiger partial charge in [-0.1, -0.05) is 13.8 Å². The van der Waals surface area contributed by atoms with Gasteiger partial charge in [-0.25, -0.2) is 19.6 Å². The third-order valence-corrected chi connectivity index (χ3v) is 3.89. The Morgan fingerprint density at radius 2 is 2.00 bits per heavy atom. The molecule has 0 aliphatic carbocycles. The van der Waals surface area contributed by atoms with Gasteiger partial charge in [0.1, 0.15) is 17.1 Å². The largest absolute Gasteiger partial charge is 0.477 e. The predicted molar refractivity (Wildman–Crippen MR) is 107 cm³/mol. The number of aromatic nitrogens is 1. The monoisotopic (exact) mass is 398 g/mol. The van der Waals surface area contributed by atoms with Crippen molar-refractivity contribution in [1.29, 1.82) is 0 Å². The van der Waals surface area contributed by atoms with E-state index in [1.54, 1.807) is 27.7 Å². The summed E-state index contributed by atoms with van der Waals surface area (Å²) in [5.41, 5.74) is 0.0194. The molecule has 0 radical (unpaired) electrons. The van der Waals surface area contributed by atoms with Gasteiger partial charge in [0.2, 0.25) is 5.29 Å². The molecule has 1 aromatic heterocycles. The summed E-state index contributed by atoms with van der Waals surface area (Å²) in [4.78, 5) is 31.5. The van der Waals surface area contributed by atoms with E-state index in [4.69, 9.17) is 16.3 Å². The topological polar surface area (TPSA) is 105 Å². The number of hydrogen-bond donors (Lipinski definition) is 2. The molecule has 0 aromatic carbocycles. The summed E-state index contributed by atoms with van der Waals surface area (Å²) in [5.74, 6) is -0.754. The number of nitrogens with zero attached hydrogens (tertiary/aromatic N) is 3. The van der Waals surface area contributed by atoms with E-state index < -0.39 is 23.7 Å². The highest BCUT2D eigenvalue weighted by Gasteiger charge is 2.25. The van der Waals surface area contributed by atoms with Crippen molar-refractivity contribution in [3.8, 4) is 0 Å². The van der Waals surface area contributed by atoms with Crippen molar-refractivity contribution in [2.75, 3.05) is 0 Å². The Kier molecular flexibility index (Phi) is 7.59. The number of nitrogens with one attached hydrogen (secondary N) is 1. The minimum absolute atomic E-state index is 0.00620. The predicted octanol–water partition coefficient (Wildman–Crippen LogP) is 3.97. The number of aromatic carboxylic acids is 1. The number of rotatable bonds is 6. The molecule has 1 rings (SSSR count). The van der Waals surface area contributed by atoms with Crippen molar-refractivity contribution in [3.63, 3.8) is 0 Å². The Balaban J connectivity index is 3.26. The Morgan fingerprint density at radius 1 is 1.41 bits per heavy atom. The first-order valence-electron chi connectivity index (χ1n) is 8.49. The summed E-state index contributed by atoms with van der Waals surface area (Å²) in [5, 5.41) is 12.2. The highest BCUT2D eigenvalue weighted by atomic mass is 35.5. The molecule has 1 aromatic rings. The van der Waals surface area contributed by atoms with E-state index in [0.717, 1.165) is 0 Å². The average molecular weight is 399 g/mol. The number of aryl methyl sites for hydroxylation is 1. The second kappa shape index (κ2) is 9.03. The van der Waals surface area contributed by atoms with Crippen LogP contribution in [0.1, 0.15) is 50.7 Å². The standard InChI is InChI=1S/C18H27ClN4O4/c1-10(2)12(21-17(26)27-18(4,5)6)9-23-13(15(24)25)8-11(3)14(23)22-16(19)20-7/h8,10,12H,7,9H2,1-6H3,(H,21,26)(H,24,25)/t12-/m1/s1. The number of carbonyl (C=O) groups excluding carboxylic acids is 1. The average Bonchev–Trinajstić information content (AvgIpc) is 2.81. The molecular formula is C18H27ClN4O4. The van der Waals surface area contributed by atoms with Crippen LogP contribution in [0.15, 0.2) is 16.1 Å². The van der Waals surface area contributed by atoms with Gasteiger partial charge in [0.05, 0.1) is 6.04 Å². The molecule has 0 spiro atoms. The Morgan fingerprint density at radius 3 is 2.44 bits per heavy atom. The fraction of sp³-hybridized carbons (Fsp3) is 0.556. The van der Waals surface area contributed by atoms with Crippen molar-refractivity contribution < 1.29 is 19.4 Å². The minimum atomic E-state index is -1.11. The van der Waals surface area contributed by atoms with Crippen molar-refractivity contribution in [3.05, 3.63) is 17.3 Å². The number of hydrogen-bond acceptors (Lipinski definition) is 4. The molecular weight excluding hydrogens is 372 g/mol. The zero-order valence-corrected chi connectivity index (χ0v) is 17.3. The molecule has 8 nitrogen and oxygen atoms in total. The first-order chi connectivity index (χ1) is 12.4. The number of alkyl carbamates (subject to hydrolysis) is 1. The zero-order valence-electron chi connectivity index (χ0n) is 16.5. The van der Waals surface area contributed by atoms with Crippen LogP contribution in [0.25, 0.3) is 0 Å². The highest BCUT2D eigenvalue weighted by molar-refractivity contribution is 6.65. The number of carbonyl (C=O) groups is 2. The maximum Gasteiger partial charge on any atom is 0.407 e. The Labute approximate surface area is 164 Å². The fourth-order valence-corrected chi connectivity index (χ4v) is 2.47. The van der Waals surface area contributed by atoms with Crippen molar-refractivity contribution in [2.45, 2.75) is 59.7 Å². The second-order valence-electron chi connectivity index (χ2n) is 7.49. The number of carboxylic acid groups (broad SMARTS) is 1. The normalized spacial score (nSPS) is 13.4. The van der Waals surface area contributed by atoms with Gasteiger partial charge in [0.25, 0.3) is 0 Å². The molecule has 2 N–H and O–H groups in total. The molecule has 27 heavy (non-hydrogen) atoms. The lowest BCUT2D eigenvalue weighted by Gasteiger charge is -2.27. The quantitative estimate of drug-likeness (QED) is 0.429. The van der Waals surface area contributed by atoms with E-state index in [-0.39, 0.29) is 23.5 Å². The van der Waals surface area contributed by atoms with Gasteiger partial charge in [0, 0.05) is 6.54 Å². The molecule has 1 atom stereocenters. The number of carboxylic acids is 1. The fourth-order valence-electron chi connectivity index (χ4n) is 2.39. The molecule has 0 aliphatic rings. The van der Waals surface area contributed by atoms with Crippen LogP contribution in [0.4, 0.5) is 10.6 Å². The molecule has 0 fully saturated rings. The van der Waals surface area contributed by atoms with Gasteiger partial charge >= 0.3 is 12.1 Å². The van der Waals surface area contributed by atoms with E-state index in [2.05, 4.69) is 22.0 Å². The summed E-state index contributed by atoms with van der Waals surface area (Å²) in [7, 11) is 0. The summed E-state index contributed by atoms with van der Waals surface area (Å²) in [6.45, 7) is 14.3. The summed E-state index contributed by atoms with van der Waals surface area (Å²) >= 11 is 5.86. The maximum absolute atomic E-state index is 12.2. The smallest absolute Gasteiger partial charge is 0.407 e. The van der Waals surface area contributed by atoms with Gasteiger partial charge in [-0.05, 0) is 63.6 Å². The second-order valence-corrected chi connectivity index (χ2v) is 7.83. The van der Waals surface area contributed by atoms with Crippen LogP contribution in [0, 0.1) is 12.8 Å². The van der Waals surface area contributed by atoms with Crippen LogP contribution in [-0.4, -0.2) is 45.4 Å². The van der Waals surface area contributed by atoms with E-state index in [1.807, 2.05) is 13.8 Å². The molecule has 0 aliphatic heterocycles. The first-order valence-corrected chi connectivity index (χ1v) is 8.87. The summed E-state index contributed by atoms with van der Waals surface area (Å²) in [6, 6.07) is 1.11. The van der Waals surface area contributed by atoms with Crippen molar-refractivity contribution >= 4 is 41.5 Å². The van der Waals surface area contributed by atoms with Crippen LogP contribution >= 0.6 is 11.6 Å². The van der Waals surface area contributed by atoms with Gasteiger partial charge in [-0.15, -0.1) is 0 Å². The maximum atomic E-state index is 12.2. The number of amides is 1. The van der Waals surface area contributed by atoms with Gasteiger partial charge in [-0.2, -0.15) is 0 Å². The first kappa shape index (κ1) is 22.7. The number of halogens is 1. The molecule has 1 heterocycles. The number of ether oxygens (including phenoxy) is 1. The van der Waals surface area contributed by atoms with Crippen molar-refractivity contribution in [1.82, 2.24) is 9.88 Å². The molecule has 150 valence electrons. The van der Waals surface area contributed by atoms with E-state index >= 15 is 0 Å². The van der Waals surface area contributed by atoms with E-state index in [9.17, 15) is 14.7 Å². The molecule has 9 heteroatoms. The Bertz CT molecular complexity index is 747. The summed E-state index contributed by atoms with van der Waals surface area (Å²) < 4.78 is 6.80. The van der Waals surface area contributed by atoms with Gasteiger partial charge in [0.15, 0.2) is 0 Å². The van der Waals surface area contributed by atoms with Crippen LogP contribution in [0.2, 0.25) is 0 Å². The third kappa shape index (κ3) is 6.71. The number of aliphatic imine (C=N–C) groups is 2. The van der Waals surface area contributed by atoms with Crippen LogP contribution < -0.4 is 5.32 Å². The van der Waals surface area contributed by atoms with Gasteiger partial charge in [-0.3, -0.25) is 0 Å². The third-order valence-electron chi connectivity index (χ3n) is 3.69. The lowest BCUT2D eigenvalue weighted by molar-refractivity contribution is 0.0484. The minimum Gasteiger partial charge on any atom is -0.477 e. The molecule has 0 bridgehead atoms. The summed E-state index contributed by atoms with van der Waals surface area (Å²) in [6.07, 6.45) is -0.571. The molecule has 1 amide bonds. The lowest BCUT2D eigenvalue weighted by atomic mass is 10.0. The SMILES string of the molecule is C=NC(Cl)=Nc1c(C)cc(C(=O)O)n1C[C@@H](NC(=O)OC(C)(C)C)C(C)C. The van der Waals surface area contributed by atoms with E-state index in [1.165, 1.54) is 10.6 Å². The van der Waals surface area contributed by atoms with Crippen LogP contribution in [0.3, 0.4) is 0 Å². The Hall–Kier alpha value is -2.35. The molecule has 0 unspecified atom stereocenters.